The lowest BCUT2D eigenvalue weighted by molar-refractivity contribution is 0.507. The number of benzene rings is 1. The topological polar surface area (TPSA) is 49.6 Å². The van der Waals surface area contributed by atoms with E-state index < -0.39 is 0 Å². The molecule has 2 aromatic rings. The van der Waals surface area contributed by atoms with E-state index in [4.69, 9.17) is 4.42 Å². The molecule has 1 aromatic carbocycles. The van der Waals surface area contributed by atoms with Gasteiger partial charge in [-0.05, 0) is 18.2 Å². The van der Waals surface area contributed by atoms with Crippen LogP contribution in [-0.2, 0) is 13.0 Å². The van der Waals surface area contributed by atoms with Crippen molar-refractivity contribution >= 4 is 5.96 Å². The molecule has 2 N–H and O–H groups in total. The molecule has 0 unspecified atom stereocenters. The monoisotopic (exact) mass is 301 g/mol. The summed E-state index contributed by atoms with van der Waals surface area (Å²) < 4.78 is 18.9. The second-order valence-electron chi connectivity index (χ2n) is 4.68. The lowest BCUT2D eigenvalue weighted by atomic mass is 10.2. The van der Waals surface area contributed by atoms with Gasteiger partial charge in [-0.2, -0.15) is 0 Å². The quantitative estimate of drug-likeness (QED) is 0.470. The van der Waals surface area contributed by atoms with Gasteiger partial charge in [-0.15, -0.1) is 6.58 Å². The fourth-order valence-electron chi connectivity index (χ4n) is 1.89. The molecule has 116 valence electrons. The van der Waals surface area contributed by atoms with Crippen molar-refractivity contribution in [3.05, 3.63) is 72.5 Å². The Bertz CT molecular complexity index is 608. The van der Waals surface area contributed by atoms with E-state index >= 15 is 0 Å². The number of nitrogens with one attached hydrogen (secondary N) is 2. The molecule has 5 heteroatoms. The van der Waals surface area contributed by atoms with Crippen LogP contribution in [0.5, 0.6) is 0 Å². The third-order valence-electron chi connectivity index (χ3n) is 3.02. The van der Waals surface area contributed by atoms with Crippen LogP contribution >= 0.6 is 0 Å². The Morgan fingerprint density at radius 3 is 2.82 bits per heavy atom. The maximum atomic E-state index is 13.6. The molecule has 1 aromatic heterocycles. The lowest BCUT2D eigenvalue weighted by Crippen LogP contribution is -2.38. The number of hydrogen-bond donors (Lipinski definition) is 2. The summed E-state index contributed by atoms with van der Waals surface area (Å²) >= 11 is 0. The SMILES string of the molecule is C=CCNC(=NCc1ccccc1F)NCCc1ccco1. The fourth-order valence-corrected chi connectivity index (χ4v) is 1.89. The van der Waals surface area contributed by atoms with Gasteiger partial charge in [0.25, 0.3) is 0 Å². The fraction of sp³-hybridized carbons (Fsp3) is 0.235. The predicted octanol–water partition coefficient (Wildman–Crippen LogP) is 2.88. The highest BCUT2D eigenvalue weighted by atomic mass is 19.1. The molecule has 0 radical (unpaired) electrons. The van der Waals surface area contributed by atoms with E-state index in [0.29, 0.717) is 24.6 Å². The van der Waals surface area contributed by atoms with Crippen molar-refractivity contribution < 1.29 is 8.81 Å². The van der Waals surface area contributed by atoms with Crippen LogP contribution in [0.3, 0.4) is 0 Å². The summed E-state index contributed by atoms with van der Waals surface area (Å²) in [5, 5.41) is 6.30. The van der Waals surface area contributed by atoms with Gasteiger partial charge in [-0.25, -0.2) is 9.38 Å². The molecule has 2 rings (SSSR count). The number of aliphatic imine (C=N–C) groups is 1. The highest BCUT2D eigenvalue weighted by molar-refractivity contribution is 5.79. The van der Waals surface area contributed by atoms with Crippen LogP contribution in [0.25, 0.3) is 0 Å². The Hall–Kier alpha value is -2.56. The molecule has 0 amide bonds. The third kappa shape index (κ3) is 5.09. The Balaban J connectivity index is 1.91. The van der Waals surface area contributed by atoms with E-state index in [9.17, 15) is 4.39 Å². The van der Waals surface area contributed by atoms with Gasteiger partial charge in [0.2, 0.25) is 0 Å². The first-order chi connectivity index (χ1) is 10.8. The molecule has 0 atom stereocenters. The van der Waals surface area contributed by atoms with E-state index in [-0.39, 0.29) is 12.4 Å². The Labute approximate surface area is 129 Å². The zero-order valence-electron chi connectivity index (χ0n) is 12.4. The van der Waals surface area contributed by atoms with Gasteiger partial charge in [-0.3, -0.25) is 0 Å². The van der Waals surface area contributed by atoms with Gasteiger partial charge in [0, 0.05) is 25.1 Å². The minimum Gasteiger partial charge on any atom is -0.469 e. The molecule has 0 spiro atoms. The molecule has 1 heterocycles. The van der Waals surface area contributed by atoms with Crippen LogP contribution in [-0.4, -0.2) is 19.0 Å². The second-order valence-corrected chi connectivity index (χ2v) is 4.68. The minimum atomic E-state index is -0.245. The first-order valence-corrected chi connectivity index (χ1v) is 7.18. The molecule has 0 aliphatic rings. The predicted molar refractivity (Wildman–Crippen MR) is 86.2 cm³/mol. The zero-order chi connectivity index (χ0) is 15.6. The summed E-state index contributed by atoms with van der Waals surface area (Å²) in [4.78, 5) is 4.39. The van der Waals surface area contributed by atoms with E-state index in [0.717, 1.165) is 12.2 Å². The average Bonchev–Trinajstić information content (AvgIpc) is 3.04. The van der Waals surface area contributed by atoms with Crippen molar-refractivity contribution in [1.29, 1.82) is 0 Å². The summed E-state index contributed by atoms with van der Waals surface area (Å²) in [7, 11) is 0. The van der Waals surface area contributed by atoms with Crippen LogP contribution < -0.4 is 10.6 Å². The van der Waals surface area contributed by atoms with Crippen molar-refractivity contribution in [2.24, 2.45) is 4.99 Å². The van der Waals surface area contributed by atoms with Gasteiger partial charge >= 0.3 is 0 Å². The number of nitrogens with zero attached hydrogens (tertiary/aromatic N) is 1. The maximum absolute atomic E-state index is 13.6. The Kier molecular flexibility index (Phi) is 6.23. The molecule has 0 saturated heterocycles. The number of furan rings is 1. The first kappa shape index (κ1) is 15.8. The lowest BCUT2D eigenvalue weighted by Gasteiger charge is -2.11. The van der Waals surface area contributed by atoms with Crippen molar-refractivity contribution in [3.8, 4) is 0 Å². The van der Waals surface area contributed by atoms with Crippen molar-refractivity contribution in [1.82, 2.24) is 10.6 Å². The molecule has 4 nitrogen and oxygen atoms in total. The summed E-state index contributed by atoms with van der Waals surface area (Å²) in [5.74, 6) is 1.28. The van der Waals surface area contributed by atoms with Crippen LogP contribution in [0.1, 0.15) is 11.3 Å². The molecule has 0 fully saturated rings. The Morgan fingerprint density at radius 1 is 1.23 bits per heavy atom. The second kappa shape index (κ2) is 8.67. The number of halogens is 1. The van der Waals surface area contributed by atoms with Gasteiger partial charge in [-0.1, -0.05) is 24.3 Å². The number of rotatable bonds is 7. The molecule has 0 saturated carbocycles. The summed E-state index contributed by atoms with van der Waals surface area (Å²) in [6, 6.07) is 10.4. The van der Waals surface area contributed by atoms with Gasteiger partial charge in [0.15, 0.2) is 5.96 Å². The van der Waals surface area contributed by atoms with Crippen molar-refractivity contribution in [3.63, 3.8) is 0 Å². The van der Waals surface area contributed by atoms with Crippen LogP contribution in [0.15, 0.2) is 64.7 Å². The molecular formula is C17H20FN3O. The van der Waals surface area contributed by atoms with Gasteiger partial charge < -0.3 is 15.1 Å². The molecule has 0 aliphatic heterocycles. The summed E-state index contributed by atoms with van der Waals surface area (Å²) in [6.07, 6.45) is 4.15. The molecule has 0 aliphatic carbocycles. The van der Waals surface area contributed by atoms with E-state index in [1.54, 1.807) is 30.5 Å². The highest BCUT2D eigenvalue weighted by Gasteiger charge is 2.02. The van der Waals surface area contributed by atoms with Crippen LogP contribution in [0.2, 0.25) is 0 Å². The zero-order valence-corrected chi connectivity index (χ0v) is 12.4. The summed E-state index contributed by atoms with van der Waals surface area (Å²) in [6.45, 7) is 5.20. The maximum Gasteiger partial charge on any atom is 0.191 e. The molecule has 22 heavy (non-hydrogen) atoms. The van der Waals surface area contributed by atoms with Crippen molar-refractivity contribution in [2.45, 2.75) is 13.0 Å². The van der Waals surface area contributed by atoms with Gasteiger partial charge in [0.1, 0.15) is 11.6 Å². The first-order valence-electron chi connectivity index (χ1n) is 7.18. The number of hydrogen-bond acceptors (Lipinski definition) is 2. The van der Waals surface area contributed by atoms with E-state index in [2.05, 4.69) is 22.2 Å². The normalized spacial score (nSPS) is 11.2. The van der Waals surface area contributed by atoms with E-state index in [1.165, 1.54) is 6.07 Å². The minimum absolute atomic E-state index is 0.245. The molecular weight excluding hydrogens is 281 g/mol. The third-order valence-corrected chi connectivity index (χ3v) is 3.02. The standard InChI is InChI=1S/C17H20FN3O/c1-2-10-19-17(20-11-9-15-7-5-12-22-15)21-13-14-6-3-4-8-16(14)18/h2-8,12H,1,9-11,13H2,(H2,19,20,21). The number of guanidine groups is 1. The van der Waals surface area contributed by atoms with Crippen LogP contribution in [0, 0.1) is 5.82 Å². The Morgan fingerprint density at radius 2 is 2.09 bits per heavy atom. The van der Waals surface area contributed by atoms with E-state index in [1.807, 2.05) is 12.1 Å². The largest absolute Gasteiger partial charge is 0.469 e. The average molecular weight is 301 g/mol. The van der Waals surface area contributed by atoms with Crippen molar-refractivity contribution in [2.75, 3.05) is 13.1 Å². The molecule has 0 bridgehead atoms. The van der Waals surface area contributed by atoms with Gasteiger partial charge in [0.05, 0.1) is 12.8 Å². The highest BCUT2D eigenvalue weighted by Crippen LogP contribution is 2.07. The van der Waals surface area contributed by atoms with Crippen LogP contribution in [0.4, 0.5) is 4.39 Å². The summed E-state index contributed by atoms with van der Waals surface area (Å²) in [5.41, 5.74) is 0.563. The smallest absolute Gasteiger partial charge is 0.191 e.